The Labute approximate surface area is 151 Å². The largest absolute Gasteiger partial charge is 0.471 e. The van der Waals surface area contributed by atoms with Crippen molar-refractivity contribution in [3.8, 4) is 0 Å². The molecule has 143 valence electrons. The first-order valence-corrected chi connectivity index (χ1v) is 9.16. The maximum atomic E-state index is 13.2. The van der Waals surface area contributed by atoms with E-state index in [2.05, 4.69) is 11.0 Å². The van der Waals surface area contributed by atoms with Crippen molar-refractivity contribution in [2.24, 2.45) is 0 Å². The van der Waals surface area contributed by atoms with Gasteiger partial charge in [0.1, 0.15) is 0 Å². The van der Waals surface area contributed by atoms with Gasteiger partial charge in [0.2, 0.25) is 0 Å². The van der Waals surface area contributed by atoms with Crippen molar-refractivity contribution in [3.05, 3.63) is 29.8 Å². The number of piperidine rings is 1. The summed E-state index contributed by atoms with van der Waals surface area (Å²) in [5.74, 6) is -1.82. The highest BCUT2D eigenvalue weighted by atomic mass is 19.4. The van der Waals surface area contributed by atoms with Crippen molar-refractivity contribution in [2.75, 3.05) is 31.2 Å². The van der Waals surface area contributed by atoms with Crippen LogP contribution < -0.4 is 4.90 Å². The number of hydrogen-bond donors (Lipinski definition) is 0. The molecule has 2 aliphatic heterocycles. The fraction of sp³-hybridized carbons (Fsp3) is 0.632. The molecule has 1 radical (unpaired) electrons. The fourth-order valence-corrected chi connectivity index (χ4v) is 3.66. The van der Waals surface area contributed by atoms with Crippen LogP contribution in [0.4, 0.5) is 18.9 Å². The molecule has 2 heterocycles. The van der Waals surface area contributed by atoms with Gasteiger partial charge in [-0.25, -0.2) is 0 Å². The molecule has 1 aromatic carbocycles. The number of rotatable bonds is 4. The lowest BCUT2D eigenvalue weighted by Gasteiger charge is -2.35. The molecule has 2 aliphatic rings. The standard InChI is InChI=1S/C19H24F3N2O2/c20-19(21,22)18(25)24(16-7-11-26-12-8-16)17-6-4-5-15(13-17)14-23-9-2-1-3-10-23/h4-5,13,16H,1-3,7-12,14H2. The molecule has 0 bridgehead atoms. The molecule has 7 heteroatoms. The van der Waals surface area contributed by atoms with Crippen LogP contribution in [0.25, 0.3) is 0 Å². The number of nitrogens with zero attached hydrogens (tertiary/aromatic N) is 2. The molecular weight excluding hydrogens is 345 g/mol. The third kappa shape index (κ3) is 4.76. The second-order valence-corrected chi connectivity index (χ2v) is 6.94. The van der Waals surface area contributed by atoms with Crippen molar-refractivity contribution < 1.29 is 22.7 Å². The first kappa shape index (κ1) is 19.2. The van der Waals surface area contributed by atoms with Gasteiger partial charge in [0.05, 0.1) is 5.69 Å². The van der Waals surface area contributed by atoms with Crippen molar-refractivity contribution in [1.82, 2.24) is 4.90 Å². The number of hydrogen-bond acceptors (Lipinski definition) is 3. The Morgan fingerprint density at radius 3 is 2.58 bits per heavy atom. The van der Waals surface area contributed by atoms with Crippen molar-refractivity contribution in [3.63, 3.8) is 0 Å². The number of likely N-dealkylation sites (tertiary alicyclic amines) is 1. The summed E-state index contributed by atoms with van der Waals surface area (Å²) in [6, 6.07) is 7.48. The van der Waals surface area contributed by atoms with Gasteiger partial charge in [0.15, 0.2) is 0 Å². The first-order valence-electron chi connectivity index (χ1n) is 9.16. The van der Waals surface area contributed by atoms with Gasteiger partial charge in [-0.1, -0.05) is 18.6 Å². The van der Waals surface area contributed by atoms with Crippen molar-refractivity contribution in [1.29, 1.82) is 0 Å². The highest BCUT2D eigenvalue weighted by molar-refractivity contribution is 5.97. The lowest BCUT2D eigenvalue weighted by Crippen LogP contribution is -2.49. The molecular formula is C19H24F3N2O2. The summed E-state index contributed by atoms with van der Waals surface area (Å²) in [4.78, 5) is 15.3. The van der Waals surface area contributed by atoms with Gasteiger partial charge in [-0.3, -0.25) is 9.69 Å². The Morgan fingerprint density at radius 2 is 1.92 bits per heavy atom. The lowest BCUT2D eigenvalue weighted by atomic mass is 10.0. The molecule has 0 aliphatic carbocycles. The van der Waals surface area contributed by atoms with E-state index in [0.717, 1.165) is 36.4 Å². The highest BCUT2D eigenvalue weighted by Gasteiger charge is 2.45. The minimum atomic E-state index is -4.91. The Morgan fingerprint density at radius 1 is 1.23 bits per heavy atom. The normalized spacial score (nSPS) is 20.1. The summed E-state index contributed by atoms with van der Waals surface area (Å²) in [5, 5.41) is 0. The molecule has 2 saturated heterocycles. The van der Waals surface area contributed by atoms with Crippen LogP contribution in [0.5, 0.6) is 0 Å². The molecule has 2 fully saturated rings. The molecule has 0 atom stereocenters. The highest BCUT2D eigenvalue weighted by Crippen LogP contribution is 2.29. The van der Waals surface area contributed by atoms with Crippen LogP contribution in [0.15, 0.2) is 18.2 Å². The molecule has 0 N–H and O–H groups in total. The Kier molecular flexibility index (Phi) is 6.19. The average molecular weight is 369 g/mol. The molecule has 4 nitrogen and oxygen atoms in total. The van der Waals surface area contributed by atoms with E-state index in [0.29, 0.717) is 32.6 Å². The van der Waals surface area contributed by atoms with Gasteiger partial charge in [0, 0.05) is 31.9 Å². The fourth-order valence-electron chi connectivity index (χ4n) is 3.66. The number of ether oxygens (including phenoxy) is 1. The van der Waals surface area contributed by atoms with Gasteiger partial charge in [-0.2, -0.15) is 13.2 Å². The Bertz CT molecular complexity index is 609. The first-order chi connectivity index (χ1) is 12.4. The molecule has 0 saturated carbocycles. The van der Waals surface area contributed by atoms with E-state index in [4.69, 9.17) is 4.74 Å². The number of alkyl halides is 3. The van der Waals surface area contributed by atoms with Crippen LogP contribution in [-0.4, -0.2) is 49.3 Å². The van der Waals surface area contributed by atoms with E-state index in [9.17, 15) is 18.0 Å². The van der Waals surface area contributed by atoms with Crippen LogP contribution in [0, 0.1) is 6.07 Å². The predicted molar refractivity (Wildman–Crippen MR) is 91.8 cm³/mol. The zero-order valence-electron chi connectivity index (χ0n) is 14.7. The third-order valence-corrected chi connectivity index (χ3v) is 4.98. The average Bonchev–Trinajstić information content (AvgIpc) is 2.63. The van der Waals surface area contributed by atoms with Crippen molar-refractivity contribution in [2.45, 2.75) is 50.9 Å². The minimum Gasteiger partial charge on any atom is -0.381 e. The van der Waals surface area contributed by atoms with E-state index in [1.54, 1.807) is 12.1 Å². The Balaban J connectivity index is 1.83. The van der Waals surface area contributed by atoms with E-state index < -0.39 is 18.1 Å². The van der Waals surface area contributed by atoms with Gasteiger partial charge in [-0.05, 0) is 50.4 Å². The topological polar surface area (TPSA) is 32.8 Å². The maximum absolute atomic E-state index is 13.2. The number of halogens is 3. The van der Waals surface area contributed by atoms with Crippen LogP contribution in [0.3, 0.4) is 0 Å². The minimum absolute atomic E-state index is 0.203. The van der Waals surface area contributed by atoms with Crippen LogP contribution >= 0.6 is 0 Å². The monoisotopic (exact) mass is 369 g/mol. The number of anilines is 1. The van der Waals surface area contributed by atoms with E-state index in [1.165, 1.54) is 6.42 Å². The predicted octanol–water partition coefficient (Wildman–Crippen LogP) is 3.55. The zero-order valence-corrected chi connectivity index (χ0v) is 14.7. The molecule has 3 rings (SSSR count). The lowest BCUT2D eigenvalue weighted by molar-refractivity contribution is -0.171. The number of amides is 1. The Hall–Kier alpha value is -1.60. The van der Waals surface area contributed by atoms with Crippen LogP contribution in [-0.2, 0) is 16.1 Å². The molecule has 1 aromatic rings. The summed E-state index contributed by atoms with van der Waals surface area (Å²) in [6.07, 6.45) is -0.603. The summed E-state index contributed by atoms with van der Waals surface area (Å²) < 4.78 is 44.7. The second-order valence-electron chi connectivity index (χ2n) is 6.94. The number of carbonyl (C=O) groups is 1. The van der Waals surface area contributed by atoms with Gasteiger partial charge in [0.25, 0.3) is 0 Å². The maximum Gasteiger partial charge on any atom is 0.471 e. The molecule has 1 amide bonds. The van der Waals surface area contributed by atoms with Crippen LogP contribution in [0.1, 0.15) is 37.7 Å². The van der Waals surface area contributed by atoms with Crippen LogP contribution in [0.2, 0.25) is 0 Å². The summed E-state index contributed by atoms with van der Waals surface area (Å²) in [7, 11) is 0. The molecule has 0 spiro atoms. The van der Waals surface area contributed by atoms with E-state index in [-0.39, 0.29) is 5.69 Å². The zero-order chi connectivity index (χ0) is 18.6. The quantitative estimate of drug-likeness (QED) is 0.814. The molecule has 0 aromatic heterocycles. The van der Waals surface area contributed by atoms with E-state index in [1.807, 2.05) is 6.07 Å². The summed E-state index contributed by atoms with van der Waals surface area (Å²) >= 11 is 0. The summed E-state index contributed by atoms with van der Waals surface area (Å²) in [5.41, 5.74) is 1.11. The van der Waals surface area contributed by atoms with Gasteiger partial charge < -0.3 is 9.64 Å². The van der Waals surface area contributed by atoms with Gasteiger partial charge >= 0.3 is 12.1 Å². The SMILES string of the molecule is O=C(N(c1[c]ccc(CN2CCCCC2)c1)C1CCOCC1)C(F)(F)F. The molecule has 26 heavy (non-hydrogen) atoms. The van der Waals surface area contributed by atoms with Gasteiger partial charge in [-0.15, -0.1) is 0 Å². The molecule has 0 unspecified atom stereocenters. The number of benzene rings is 1. The third-order valence-electron chi connectivity index (χ3n) is 4.98. The van der Waals surface area contributed by atoms with Crippen molar-refractivity contribution >= 4 is 11.6 Å². The second kappa shape index (κ2) is 8.39. The summed E-state index contributed by atoms with van der Waals surface area (Å²) in [6.45, 7) is 3.40. The van der Waals surface area contributed by atoms with E-state index >= 15 is 0 Å². The number of carbonyl (C=O) groups excluding carboxylic acids is 1. The smallest absolute Gasteiger partial charge is 0.381 e.